The van der Waals surface area contributed by atoms with Crippen molar-refractivity contribution in [3.05, 3.63) is 0 Å². The number of nitrogens with zero attached hydrogens (tertiary/aromatic N) is 2. The van der Waals surface area contributed by atoms with Crippen LogP contribution >= 0.6 is 0 Å². The molecule has 0 aromatic carbocycles. The zero-order chi connectivity index (χ0) is 9.78. The van der Waals surface area contributed by atoms with E-state index in [1.165, 1.54) is 0 Å². The molecule has 2 N–H and O–H groups in total. The maximum Gasteiger partial charge on any atom is 0.0935 e. The molecule has 0 aliphatic heterocycles. The molecule has 0 radical (unpaired) electrons. The van der Waals surface area contributed by atoms with Crippen molar-refractivity contribution >= 4 is 5.84 Å². The van der Waals surface area contributed by atoms with Crippen LogP contribution < -0.4 is 5.73 Å². The van der Waals surface area contributed by atoms with Gasteiger partial charge in [-0.05, 0) is 27.9 Å². The van der Waals surface area contributed by atoms with Crippen molar-refractivity contribution in [2.75, 3.05) is 20.6 Å². The van der Waals surface area contributed by atoms with E-state index in [4.69, 9.17) is 5.73 Å². The molecule has 3 nitrogen and oxygen atoms in total. The van der Waals surface area contributed by atoms with E-state index in [-0.39, 0.29) is 5.54 Å². The average molecular weight is 171 g/mol. The number of amidine groups is 1. The first-order valence-electron chi connectivity index (χ1n) is 4.36. The third-order valence-corrected chi connectivity index (χ3v) is 2.24. The fourth-order valence-electron chi connectivity index (χ4n) is 0.548. The lowest BCUT2D eigenvalue weighted by Crippen LogP contribution is -2.41. The summed E-state index contributed by atoms with van der Waals surface area (Å²) in [6.07, 6.45) is 0.837. The van der Waals surface area contributed by atoms with Gasteiger partial charge >= 0.3 is 0 Å². The second-order valence-corrected chi connectivity index (χ2v) is 3.87. The van der Waals surface area contributed by atoms with Gasteiger partial charge in [0.2, 0.25) is 0 Å². The lowest BCUT2D eigenvalue weighted by atomic mass is 10.1. The largest absolute Gasteiger partial charge is 0.387 e. The molecule has 0 aliphatic carbocycles. The minimum atomic E-state index is 0.0970. The Morgan fingerprint density at radius 2 is 1.92 bits per heavy atom. The minimum Gasteiger partial charge on any atom is -0.387 e. The molecule has 12 heavy (non-hydrogen) atoms. The van der Waals surface area contributed by atoms with Crippen LogP contribution in [0.4, 0.5) is 0 Å². The molecule has 3 heteroatoms. The first kappa shape index (κ1) is 11.4. The topological polar surface area (TPSA) is 41.6 Å². The van der Waals surface area contributed by atoms with Gasteiger partial charge in [0.25, 0.3) is 0 Å². The fraction of sp³-hybridized carbons (Fsp3) is 0.889. The summed E-state index contributed by atoms with van der Waals surface area (Å²) in [6, 6.07) is 0. The molecule has 0 unspecified atom stereocenters. The lowest BCUT2D eigenvalue weighted by molar-refractivity contribution is 0.205. The summed E-state index contributed by atoms with van der Waals surface area (Å²) in [5.74, 6) is 0.741. The molecule has 0 spiro atoms. The van der Waals surface area contributed by atoms with Crippen LogP contribution in [0.1, 0.15) is 27.2 Å². The van der Waals surface area contributed by atoms with Crippen LogP contribution in [0.25, 0.3) is 0 Å². The van der Waals surface area contributed by atoms with Crippen molar-refractivity contribution in [1.82, 2.24) is 4.90 Å². The number of likely N-dealkylation sites (N-methyl/N-ethyl adjacent to an activating group) is 1. The molecule has 0 bridgehead atoms. The fourth-order valence-corrected chi connectivity index (χ4v) is 0.548. The second-order valence-electron chi connectivity index (χ2n) is 3.87. The third-order valence-electron chi connectivity index (χ3n) is 2.24. The first-order chi connectivity index (χ1) is 5.40. The summed E-state index contributed by atoms with van der Waals surface area (Å²) in [7, 11) is 4.11. The highest BCUT2D eigenvalue weighted by atomic mass is 15.1. The van der Waals surface area contributed by atoms with Crippen LogP contribution in [0.2, 0.25) is 0 Å². The van der Waals surface area contributed by atoms with Crippen LogP contribution in [0.15, 0.2) is 4.99 Å². The Hall–Kier alpha value is -0.570. The van der Waals surface area contributed by atoms with Crippen molar-refractivity contribution in [2.45, 2.75) is 32.7 Å². The van der Waals surface area contributed by atoms with Crippen LogP contribution in [-0.2, 0) is 0 Å². The number of aliphatic imine (C=N–C) groups is 1. The Balaban J connectivity index is 4.08. The number of rotatable bonds is 4. The Morgan fingerprint density at radius 1 is 1.42 bits per heavy atom. The van der Waals surface area contributed by atoms with Gasteiger partial charge in [0, 0.05) is 12.0 Å². The second kappa shape index (κ2) is 4.45. The highest BCUT2D eigenvalue weighted by Gasteiger charge is 2.19. The molecule has 0 rings (SSSR count). The van der Waals surface area contributed by atoms with Crippen LogP contribution in [-0.4, -0.2) is 36.9 Å². The first-order valence-corrected chi connectivity index (χ1v) is 4.36. The molecule has 0 aromatic heterocycles. The zero-order valence-corrected chi connectivity index (χ0v) is 8.89. The van der Waals surface area contributed by atoms with E-state index in [0.717, 1.165) is 18.8 Å². The van der Waals surface area contributed by atoms with Crippen molar-refractivity contribution < 1.29 is 0 Å². The molecule has 0 aliphatic rings. The van der Waals surface area contributed by atoms with Crippen LogP contribution in [0.5, 0.6) is 0 Å². The maximum atomic E-state index is 5.61. The highest BCUT2D eigenvalue weighted by Crippen LogP contribution is 2.09. The Labute approximate surface area is 75.7 Å². The van der Waals surface area contributed by atoms with Gasteiger partial charge < -0.3 is 10.6 Å². The molecule has 72 valence electrons. The Kier molecular flexibility index (Phi) is 4.24. The van der Waals surface area contributed by atoms with Crippen molar-refractivity contribution in [2.24, 2.45) is 10.7 Å². The molecule has 0 heterocycles. The average Bonchev–Trinajstić information content (AvgIpc) is 2.00. The number of hydrogen-bond donors (Lipinski definition) is 1. The molecule has 0 saturated carbocycles. The smallest absolute Gasteiger partial charge is 0.0935 e. The van der Waals surface area contributed by atoms with E-state index in [0.29, 0.717) is 0 Å². The Bertz CT molecular complexity index is 159. The predicted octanol–water partition coefficient (Wildman–Crippen LogP) is 1.09. The Morgan fingerprint density at radius 3 is 2.25 bits per heavy atom. The van der Waals surface area contributed by atoms with Crippen molar-refractivity contribution in [3.8, 4) is 0 Å². The molecule has 0 saturated heterocycles. The number of hydrogen-bond acceptors (Lipinski definition) is 2. The molecule has 0 atom stereocenters. The van der Waals surface area contributed by atoms with Crippen molar-refractivity contribution in [1.29, 1.82) is 0 Å². The highest BCUT2D eigenvalue weighted by molar-refractivity contribution is 5.79. The summed E-state index contributed by atoms with van der Waals surface area (Å²) < 4.78 is 0. The van der Waals surface area contributed by atoms with E-state index >= 15 is 0 Å². The van der Waals surface area contributed by atoms with Crippen molar-refractivity contribution in [3.63, 3.8) is 0 Å². The van der Waals surface area contributed by atoms with Gasteiger partial charge in [0.05, 0.1) is 12.4 Å². The predicted molar refractivity (Wildman–Crippen MR) is 54.5 cm³/mol. The van der Waals surface area contributed by atoms with Gasteiger partial charge in [-0.1, -0.05) is 6.92 Å². The van der Waals surface area contributed by atoms with Gasteiger partial charge in [0.15, 0.2) is 0 Å². The van der Waals surface area contributed by atoms with E-state index in [1.54, 1.807) is 0 Å². The summed E-state index contributed by atoms with van der Waals surface area (Å²) in [6.45, 7) is 7.08. The lowest BCUT2D eigenvalue weighted by Gasteiger charge is -2.30. The zero-order valence-electron chi connectivity index (χ0n) is 8.89. The summed E-state index contributed by atoms with van der Waals surface area (Å²) in [5.41, 5.74) is 5.71. The molecular weight excluding hydrogens is 150 g/mol. The summed E-state index contributed by atoms with van der Waals surface area (Å²) in [4.78, 5) is 6.44. The van der Waals surface area contributed by atoms with E-state index in [2.05, 4.69) is 37.8 Å². The summed E-state index contributed by atoms with van der Waals surface area (Å²) in [5, 5.41) is 0. The summed E-state index contributed by atoms with van der Waals surface area (Å²) >= 11 is 0. The minimum absolute atomic E-state index is 0.0970. The normalized spacial score (nSPS) is 14.0. The van der Waals surface area contributed by atoms with Gasteiger partial charge in [-0.2, -0.15) is 0 Å². The van der Waals surface area contributed by atoms with Crippen LogP contribution in [0.3, 0.4) is 0 Å². The monoisotopic (exact) mass is 171 g/mol. The molecular formula is C9H21N3. The van der Waals surface area contributed by atoms with E-state index in [1.807, 2.05) is 6.92 Å². The van der Waals surface area contributed by atoms with Crippen LogP contribution in [0, 0.1) is 0 Å². The van der Waals surface area contributed by atoms with Gasteiger partial charge in [-0.15, -0.1) is 0 Å². The molecule has 0 amide bonds. The maximum absolute atomic E-state index is 5.61. The van der Waals surface area contributed by atoms with Gasteiger partial charge in [-0.3, -0.25) is 4.99 Å². The third kappa shape index (κ3) is 3.72. The van der Waals surface area contributed by atoms with E-state index in [9.17, 15) is 0 Å². The SMILES string of the molecule is CCC(N)=NCC(C)(C)N(C)C. The molecule has 0 fully saturated rings. The van der Waals surface area contributed by atoms with E-state index < -0.39 is 0 Å². The van der Waals surface area contributed by atoms with Gasteiger partial charge in [-0.25, -0.2) is 0 Å². The quantitative estimate of drug-likeness (QED) is 0.508. The van der Waals surface area contributed by atoms with Gasteiger partial charge in [0.1, 0.15) is 0 Å². The molecule has 0 aromatic rings. The standard InChI is InChI=1S/C9H21N3/c1-6-8(10)11-7-9(2,3)12(4)5/h6-7H2,1-5H3,(H2,10,11). The number of nitrogens with two attached hydrogens (primary N) is 1.